The average molecular weight is 463 g/mol. The predicted octanol–water partition coefficient (Wildman–Crippen LogP) is 5.21. The number of hydrogen-bond acceptors (Lipinski definition) is 5. The summed E-state index contributed by atoms with van der Waals surface area (Å²) in [5, 5.41) is 20.3. The first-order valence-corrected chi connectivity index (χ1v) is 11.8. The molecule has 0 amide bonds. The molecule has 5 nitrogen and oxygen atoms in total. The van der Waals surface area contributed by atoms with Crippen LogP contribution in [0.5, 0.6) is 5.75 Å². The minimum atomic E-state index is -0.691. The van der Waals surface area contributed by atoms with Crippen LogP contribution in [0.3, 0.4) is 0 Å². The highest BCUT2D eigenvalue weighted by molar-refractivity contribution is 5.90. The third-order valence-electron chi connectivity index (χ3n) is 6.06. The Morgan fingerprint density at radius 1 is 1.15 bits per heavy atom. The monoisotopic (exact) mass is 462 g/mol. The summed E-state index contributed by atoms with van der Waals surface area (Å²) in [5.74, 6) is 0.848. The van der Waals surface area contributed by atoms with E-state index in [-0.39, 0.29) is 31.0 Å². The van der Waals surface area contributed by atoms with Gasteiger partial charge in [-0.2, -0.15) is 0 Å². The number of aliphatic hydroxyl groups excluding tert-OH is 2. The molecule has 0 aromatic heterocycles. The van der Waals surface area contributed by atoms with E-state index in [0.717, 1.165) is 36.1 Å². The number of rotatable bonds is 11. The van der Waals surface area contributed by atoms with E-state index in [0.29, 0.717) is 17.7 Å². The van der Waals surface area contributed by atoms with Crippen molar-refractivity contribution < 1.29 is 24.5 Å². The van der Waals surface area contributed by atoms with Gasteiger partial charge in [-0.3, -0.25) is 0 Å². The molecule has 3 rings (SSSR count). The number of ether oxygens (including phenoxy) is 2. The first kappa shape index (κ1) is 25.5. The molecule has 0 heterocycles. The summed E-state index contributed by atoms with van der Waals surface area (Å²) < 4.78 is 10.7. The van der Waals surface area contributed by atoms with Gasteiger partial charge in [0.1, 0.15) is 18.5 Å². The molecule has 1 unspecified atom stereocenters. The van der Waals surface area contributed by atoms with Gasteiger partial charge in [0, 0.05) is 0 Å². The SMILES string of the molecule is C=C(/C=C(\CO)c1cccc(C(=O)OCC)c1)[C@H]1CCC[C@@H]1/C=C/C(O)COc1ccccc1. The smallest absolute Gasteiger partial charge is 0.338 e. The van der Waals surface area contributed by atoms with Gasteiger partial charge in [0.05, 0.1) is 18.8 Å². The van der Waals surface area contributed by atoms with Crippen LogP contribution in [0, 0.1) is 11.8 Å². The molecule has 2 aromatic rings. The molecule has 5 heteroatoms. The Labute approximate surface area is 202 Å². The molecule has 2 aromatic carbocycles. The van der Waals surface area contributed by atoms with Crippen molar-refractivity contribution in [3.63, 3.8) is 0 Å². The van der Waals surface area contributed by atoms with Gasteiger partial charge in [-0.25, -0.2) is 4.79 Å². The van der Waals surface area contributed by atoms with Crippen molar-refractivity contribution in [3.05, 3.63) is 96.1 Å². The van der Waals surface area contributed by atoms with Crippen molar-refractivity contribution in [1.82, 2.24) is 0 Å². The van der Waals surface area contributed by atoms with Gasteiger partial charge < -0.3 is 19.7 Å². The van der Waals surface area contributed by atoms with E-state index >= 15 is 0 Å². The molecule has 1 saturated carbocycles. The van der Waals surface area contributed by atoms with Crippen molar-refractivity contribution in [2.24, 2.45) is 11.8 Å². The summed E-state index contributed by atoms with van der Waals surface area (Å²) in [7, 11) is 0. The number of carbonyl (C=O) groups excluding carboxylic acids is 1. The lowest BCUT2D eigenvalue weighted by Gasteiger charge is -2.19. The number of allylic oxidation sites excluding steroid dienone is 3. The number of esters is 1. The molecule has 0 spiro atoms. The summed E-state index contributed by atoms with van der Waals surface area (Å²) in [4.78, 5) is 12.1. The number of para-hydroxylation sites is 1. The van der Waals surface area contributed by atoms with E-state index in [1.165, 1.54) is 0 Å². The van der Waals surface area contributed by atoms with Crippen LogP contribution in [-0.2, 0) is 4.74 Å². The maximum atomic E-state index is 12.1. The van der Waals surface area contributed by atoms with Gasteiger partial charge in [-0.1, -0.05) is 67.1 Å². The molecular formula is C29H34O5. The maximum absolute atomic E-state index is 12.1. The fraction of sp³-hybridized carbons (Fsp3) is 0.345. The molecule has 1 aliphatic rings. The first-order valence-electron chi connectivity index (χ1n) is 11.8. The lowest BCUT2D eigenvalue weighted by Crippen LogP contribution is -2.16. The van der Waals surface area contributed by atoms with E-state index < -0.39 is 6.10 Å². The average Bonchev–Trinajstić information content (AvgIpc) is 3.34. The van der Waals surface area contributed by atoms with Crippen LogP contribution in [-0.4, -0.2) is 42.1 Å². The van der Waals surface area contributed by atoms with E-state index in [9.17, 15) is 15.0 Å². The van der Waals surface area contributed by atoms with Crippen molar-refractivity contribution in [3.8, 4) is 5.75 Å². The normalized spacial score (nSPS) is 19.2. The van der Waals surface area contributed by atoms with Crippen LogP contribution in [0.25, 0.3) is 5.57 Å². The number of aliphatic hydroxyl groups is 2. The third kappa shape index (κ3) is 7.17. The fourth-order valence-electron chi connectivity index (χ4n) is 4.32. The minimum absolute atomic E-state index is 0.159. The second-order valence-corrected chi connectivity index (χ2v) is 8.48. The third-order valence-corrected chi connectivity index (χ3v) is 6.06. The van der Waals surface area contributed by atoms with E-state index in [1.807, 2.05) is 42.5 Å². The summed E-state index contributed by atoms with van der Waals surface area (Å²) in [6, 6.07) is 16.5. The number of benzene rings is 2. The first-order chi connectivity index (χ1) is 16.5. The highest BCUT2D eigenvalue weighted by Gasteiger charge is 2.27. The molecule has 3 atom stereocenters. The van der Waals surface area contributed by atoms with Crippen molar-refractivity contribution >= 4 is 11.5 Å². The van der Waals surface area contributed by atoms with Crippen LogP contribution in [0.4, 0.5) is 0 Å². The van der Waals surface area contributed by atoms with Crippen LogP contribution in [0.15, 0.2) is 85.0 Å². The summed E-state index contributed by atoms with van der Waals surface area (Å²) in [6.45, 7) is 6.41. The maximum Gasteiger partial charge on any atom is 0.338 e. The van der Waals surface area contributed by atoms with E-state index in [2.05, 4.69) is 12.7 Å². The van der Waals surface area contributed by atoms with Crippen LogP contribution >= 0.6 is 0 Å². The Balaban J connectivity index is 1.64. The standard InChI is InChI=1S/C29H34O5/c1-3-33-29(32)24-11-7-10-23(18-24)25(19-30)17-21(2)28-14-8-9-22(28)15-16-26(31)20-34-27-12-5-4-6-13-27/h4-7,10-13,15-18,22,26,28,30-31H,2-3,8-9,14,19-20H2,1H3/b16-15+,25-17+/t22-,26?,28-/m1/s1. The van der Waals surface area contributed by atoms with Gasteiger partial charge in [-0.05, 0) is 67.0 Å². The molecule has 2 N–H and O–H groups in total. The molecule has 0 bridgehead atoms. The van der Waals surface area contributed by atoms with Gasteiger partial charge in [-0.15, -0.1) is 0 Å². The highest BCUT2D eigenvalue weighted by atomic mass is 16.5. The van der Waals surface area contributed by atoms with E-state index in [4.69, 9.17) is 9.47 Å². The summed E-state index contributed by atoms with van der Waals surface area (Å²) in [5.41, 5.74) is 2.88. The molecule has 34 heavy (non-hydrogen) atoms. The lowest BCUT2D eigenvalue weighted by atomic mass is 9.87. The minimum Gasteiger partial charge on any atom is -0.491 e. The second kappa shape index (κ2) is 12.9. The molecule has 0 aliphatic heterocycles. The number of carbonyl (C=O) groups is 1. The Morgan fingerprint density at radius 3 is 2.65 bits per heavy atom. The Hall–Kier alpha value is -3.15. The molecular weight excluding hydrogens is 428 g/mol. The zero-order valence-electron chi connectivity index (χ0n) is 19.7. The fourth-order valence-corrected chi connectivity index (χ4v) is 4.32. The predicted molar refractivity (Wildman–Crippen MR) is 135 cm³/mol. The van der Waals surface area contributed by atoms with Gasteiger partial charge in [0.25, 0.3) is 0 Å². The Bertz CT molecular complexity index is 1010. The van der Waals surface area contributed by atoms with Crippen LogP contribution < -0.4 is 4.74 Å². The lowest BCUT2D eigenvalue weighted by molar-refractivity contribution is 0.0526. The molecule has 0 radical (unpaired) electrons. The van der Waals surface area contributed by atoms with Crippen LogP contribution in [0.1, 0.15) is 42.1 Å². The molecule has 0 saturated heterocycles. The molecule has 1 aliphatic carbocycles. The zero-order valence-corrected chi connectivity index (χ0v) is 19.7. The van der Waals surface area contributed by atoms with Crippen molar-refractivity contribution in [2.75, 3.05) is 19.8 Å². The second-order valence-electron chi connectivity index (χ2n) is 8.48. The summed E-state index contributed by atoms with van der Waals surface area (Å²) >= 11 is 0. The van der Waals surface area contributed by atoms with Gasteiger partial charge >= 0.3 is 5.97 Å². The number of hydrogen-bond donors (Lipinski definition) is 2. The van der Waals surface area contributed by atoms with Gasteiger partial charge in [0.2, 0.25) is 0 Å². The Kier molecular flexibility index (Phi) is 9.68. The van der Waals surface area contributed by atoms with Gasteiger partial charge in [0.15, 0.2) is 0 Å². The van der Waals surface area contributed by atoms with E-state index in [1.54, 1.807) is 31.2 Å². The molecule has 180 valence electrons. The largest absolute Gasteiger partial charge is 0.491 e. The van der Waals surface area contributed by atoms with Crippen LogP contribution in [0.2, 0.25) is 0 Å². The summed E-state index contributed by atoms with van der Waals surface area (Å²) in [6.07, 6.45) is 8.21. The molecule has 1 fully saturated rings. The van der Waals surface area contributed by atoms with Crippen molar-refractivity contribution in [1.29, 1.82) is 0 Å². The van der Waals surface area contributed by atoms with Crippen molar-refractivity contribution in [2.45, 2.75) is 32.3 Å². The quantitative estimate of drug-likeness (QED) is 0.272. The zero-order chi connectivity index (χ0) is 24.3. The Morgan fingerprint density at radius 2 is 1.91 bits per heavy atom. The highest BCUT2D eigenvalue weighted by Crippen LogP contribution is 2.38. The topological polar surface area (TPSA) is 76.0 Å².